The van der Waals surface area contributed by atoms with Gasteiger partial charge in [0.25, 0.3) is 0 Å². The molecule has 0 aliphatic heterocycles. The van der Waals surface area contributed by atoms with Crippen LogP contribution in [0.5, 0.6) is 0 Å². The fraction of sp³-hybridized carbons (Fsp3) is 0.364. The van der Waals surface area contributed by atoms with E-state index < -0.39 is 5.51 Å². The molecule has 0 amide bonds. The second-order valence-corrected chi connectivity index (χ2v) is 5.36. The van der Waals surface area contributed by atoms with E-state index >= 15 is 0 Å². The van der Waals surface area contributed by atoms with Crippen molar-refractivity contribution in [2.24, 2.45) is 0 Å². The van der Waals surface area contributed by atoms with Gasteiger partial charge in [-0.25, -0.2) is 0 Å². The molecule has 0 radical (unpaired) electrons. The van der Waals surface area contributed by atoms with Crippen LogP contribution in [0.25, 0.3) is 0 Å². The maximum Gasteiger partial charge on any atom is 0.446 e. The zero-order chi connectivity index (χ0) is 13.8. The SMILES string of the molecule is O=C(CCl)Cc1c(CBr)cccc1SC(F)(F)F. The molecule has 0 N–H and O–H groups in total. The third kappa shape index (κ3) is 4.82. The van der Waals surface area contributed by atoms with Crippen molar-refractivity contribution in [3.8, 4) is 0 Å². The molecular formula is C11H9BrClF3OS. The molecule has 18 heavy (non-hydrogen) atoms. The molecule has 0 fully saturated rings. The van der Waals surface area contributed by atoms with Crippen LogP contribution in [0.3, 0.4) is 0 Å². The smallest absolute Gasteiger partial charge is 0.298 e. The van der Waals surface area contributed by atoms with Crippen molar-refractivity contribution in [3.05, 3.63) is 29.3 Å². The summed E-state index contributed by atoms with van der Waals surface area (Å²) < 4.78 is 37.2. The average Bonchev–Trinajstić information content (AvgIpc) is 2.29. The zero-order valence-electron chi connectivity index (χ0n) is 9.06. The fourth-order valence-electron chi connectivity index (χ4n) is 1.40. The van der Waals surface area contributed by atoms with Crippen LogP contribution in [0.15, 0.2) is 23.1 Å². The number of thioether (sulfide) groups is 1. The molecule has 0 aromatic heterocycles. The van der Waals surface area contributed by atoms with Gasteiger partial charge in [0.15, 0.2) is 5.78 Å². The Bertz CT molecular complexity index is 437. The molecule has 0 heterocycles. The van der Waals surface area contributed by atoms with Gasteiger partial charge in [-0.2, -0.15) is 13.2 Å². The molecule has 0 aliphatic rings. The van der Waals surface area contributed by atoms with Gasteiger partial charge in [0.05, 0.1) is 5.88 Å². The van der Waals surface area contributed by atoms with Crippen molar-refractivity contribution in [2.75, 3.05) is 5.88 Å². The van der Waals surface area contributed by atoms with Gasteiger partial charge in [0, 0.05) is 16.6 Å². The van der Waals surface area contributed by atoms with Gasteiger partial charge in [0.2, 0.25) is 0 Å². The highest BCUT2D eigenvalue weighted by Gasteiger charge is 2.31. The molecule has 0 atom stereocenters. The molecule has 1 rings (SSSR count). The van der Waals surface area contributed by atoms with E-state index in [0.29, 0.717) is 16.5 Å². The van der Waals surface area contributed by atoms with E-state index in [1.54, 1.807) is 12.1 Å². The summed E-state index contributed by atoms with van der Waals surface area (Å²) in [6, 6.07) is 4.59. The molecule has 0 saturated carbocycles. The summed E-state index contributed by atoms with van der Waals surface area (Å²) in [5, 5.41) is 0.393. The lowest BCUT2D eigenvalue weighted by Crippen LogP contribution is -2.09. The number of alkyl halides is 5. The standard InChI is InChI=1S/C11H9BrClF3OS/c12-5-7-2-1-3-10(18-11(14,15)16)9(7)4-8(17)6-13/h1-3H,4-6H2. The molecule has 0 aliphatic carbocycles. The highest BCUT2D eigenvalue weighted by Crippen LogP contribution is 2.39. The lowest BCUT2D eigenvalue weighted by atomic mass is 10.0. The van der Waals surface area contributed by atoms with Crippen molar-refractivity contribution in [2.45, 2.75) is 22.2 Å². The van der Waals surface area contributed by atoms with Crippen LogP contribution in [0.1, 0.15) is 11.1 Å². The Kier molecular flexibility index (Phi) is 6.01. The van der Waals surface area contributed by atoms with Gasteiger partial charge < -0.3 is 0 Å². The molecule has 7 heteroatoms. The minimum atomic E-state index is -4.37. The van der Waals surface area contributed by atoms with Gasteiger partial charge >= 0.3 is 5.51 Å². The highest BCUT2D eigenvalue weighted by molar-refractivity contribution is 9.08. The number of ketones is 1. The van der Waals surface area contributed by atoms with Gasteiger partial charge in [-0.3, -0.25) is 4.79 Å². The number of benzene rings is 1. The van der Waals surface area contributed by atoms with Crippen molar-refractivity contribution >= 4 is 45.1 Å². The van der Waals surface area contributed by atoms with E-state index in [-0.39, 0.29) is 34.7 Å². The second-order valence-electron chi connectivity index (χ2n) is 3.42. The first-order chi connectivity index (χ1) is 8.37. The first kappa shape index (κ1) is 15.9. The molecule has 1 aromatic rings. The summed E-state index contributed by atoms with van der Waals surface area (Å²) in [6.07, 6.45) is -0.0797. The molecular weight excluding hydrogens is 353 g/mol. The van der Waals surface area contributed by atoms with Crippen LogP contribution in [-0.4, -0.2) is 17.2 Å². The van der Waals surface area contributed by atoms with E-state index in [9.17, 15) is 18.0 Å². The molecule has 1 nitrogen and oxygen atoms in total. The monoisotopic (exact) mass is 360 g/mol. The zero-order valence-corrected chi connectivity index (χ0v) is 12.2. The van der Waals surface area contributed by atoms with Gasteiger partial charge in [-0.05, 0) is 29.0 Å². The van der Waals surface area contributed by atoms with E-state index in [0.717, 1.165) is 0 Å². The van der Waals surface area contributed by atoms with Gasteiger partial charge in [-0.15, -0.1) is 11.6 Å². The van der Waals surface area contributed by atoms with Crippen LogP contribution in [-0.2, 0) is 16.5 Å². The minimum absolute atomic E-state index is 0.0536. The second kappa shape index (κ2) is 6.82. The molecule has 1 aromatic carbocycles. The minimum Gasteiger partial charge on any atom is -0.298 e. The lowest BCUT2D eigenvalue weighted by molar-refractivity contribution is -0.116. The Hall–Kier alpha value is -0.200. The van der Waals surface area contributed by atoms with Crippen LogP contribution in [0, 0.1) is 0 Å². The van der Waals surface area contributed by atoms with Crippen LogP contribution in [0.4, 0.5) is 13.2 Å². The van der Waals surface area contributed by atoms with Gasteiger partial charge in [-0.1, -0.05) is 28.1 Å². The quantitative estimate of drug-likeness (QED) is 0.565. The number of carbonyl (C=O) groups is 1. The van der Waals surface area contributed by atoms with Crippen molar-refractivity contribution < 1.29 is 18.0 Å². The molecule has 0 bridgehead atoms. The Morgan fingerprint density at radius 2 is 2.06 bits per heavy atom. The summed E-state index contributed by atoms with van der Waals surface area (Å²) in [5.41, 5.74) is -3.31. The van der Waals surface area contributed by atoms with Crippen LogP contribution in [0.2, 0.25) is 0 Å². The Labute approximate surface area is 120 Å². The van der Waals surface area contributed by atoms with E-state index in [1.807, 2.05) is 0 Å². The van der Waals surface area contributed by atoms with Crippen molar-refractivity contribution in [3.63, 3.8) is 0 Å². The fourth-order valence-corrected chi connectivity index (χ4v) is 2.74. The normalized spacial score (nSPS) is 11.6. The number of hydrogen-bond donors (Lipinski definition) is 0. The maximum atomic E-state index is 12.4. The number of halogens is 5. The summed E-state index contributed by atoms with van der Waals surface area (Å²) >= 11 is 8.39. The Morgan fingerprint density at radius 3 is 2.56 bits per heavy atom. The van der Waals surface area contributed by atoms with Crippen molar-refractivity contribution in [1.82, 2.24) is 0 Å². The molecule has 0 spiro atoms. The molecule has 0 unspecified atom stereocenters. The predicted octanol–water partition coefficient (Wildman–Crippen LogP) is 4.54. The van der Waals surface area contributed by atoms with Crippen molar-refractivity contribution in [1.29, 1.82) is 0 Å². The summed E-state index contributed by atoms with van der Waals surface area (Å²) in [4.78, 5) is 11.4. The maximum absolute atomic E-state index is 12.4. The van der Waals surface area contributed by atoms with E-state index in [1.165, 1.54) is 6.07 Å². The lowest BCUT2D eigenvalue weighted by Gasteiger charge is -2.13. The van der Waals surface area contributed by atoms with Crippen LogP contribution < -0.4 is 0 Å². The summed E-state index contributed by atoms with van der Waals surface area (Å²) in [6.45, 7) is 0. The van der Waals surface area contributed by atoms with E-state index in [2.05, 4.69) is 15.9 Å². The summed E-state index contributed by atoms with van der Waals surface area (Å²) in [7, 11) is 0. The number of hydrogen-bond acceptors (Lipinski definition) is 2. The Balaban J connectivity index is 3.12. The summed E-state index contributed by atoms with van der Waals surface area (Å²) in [5.74, 6) is -0.499. The third-order valence-corrected chi connectivity index (χ3v) is 3.86. The van der Waals surface area contributed by atoms with Gasteiger partial charge in [0.1, 0.15) is 0 Å². The van der Waals surface area contributed by atoms with E-state index in [4.69, 9.17) is 11.6 Å². The Morgan fingerprint density at radius 1 is 1.39 bits per heavy atom. The molecule has 0 saturated heterocycles. The first-order valence-electron chi connectivity index (χ1n) is 4.87. The molecule has 100 valence electrons. The number of rotatable bonds is 5. The number of carbonyl (C=O) groups excluding carboxylic acids is 1. The predicted molar refractivity (Wildman–Crippen MR) is 70.4 cm³/mol. The largest absolute Gasteiger partial charge is 0.446 e. The van der Waals surface area contributed by atoms with Crippen LogP contribution >= 0.6 is 39.3 Å². The topological polar surface area (TPSA) is 17.1 Å². The first-order valence-corrected chi connectivity index (χ1v) is 7.34. The average molecular weight is 362 g/mol. The number of Topliss-reactive ketones (excluding diaryl/α,β-unsaturated/α-hetero) is 1. The third-order valence-electron chi connectivity index (χ3n) is 2.12. The highest BCUT2D eigenvalue weighted by atomic mass is 79.9.